The zero-order valence-electron chi connectivity index (χ0n) is 15.1. The fourth-order valence-electron chi connectivity index (χ4n) is 3.66. The molecule has 0 spiro atoms. The highest BCUT2D eigenvalue weighted by atomic mass is 32.1. The molecule has 4 heterocycles. The van der Waals surface area contributed by atoms with Crippen LogP contribution in [0.2, 0.25) is 0 Å². The Bertz CT molecular complexity index is 1070. The number of anilines is 1. The fraction of sp³-hybridized carbons (Fsp3) is 0.300. The number of fused-ring (bicyclic) bond motifs is 3. The SMILES string of the molecule is CC1CCc2c(sc3ncnc(NCc4ccc(-n5cccn5)nc4)c23)C1. The number of hydrogen-bond donors (Lipinski definition) is 1. The van der Waals surface area contributed by atoms with Gasteiger partial charge in [0, 0.05) is 30.0 Å². The van der Waals surface area contributed by atoms with E-state index in [0.717, 1.165) is 40.8 Å². The minimum Gasteiger partial charge on any atom is -0.365 e. The van der Waals surface area contributed by atoms with Crippen molar-refractivity contribution in [2.45, 2.75) is 32.7 Å². The van der Waals surface area contributed by atoms with Gasteiger partial charge in [0.15, 0.2) is 5.82 Å². The van der Waals surface area contributed by atoms with E-state index in [4.69, 9.17) is 0 Å². The summed E-state index contributed by atoms with van der Waals surface area (Å²) in [4.78, 5) is 16.1. The molecule has 1 unspecified atom stereocenters. The Morgan fingerprint density at radius 2 is 2.22 bits per heavy atom. The van der Waals surface area contributed by atoms with Crippen molar-refractivity contribution < 1.29 is 0 Å². The minimum absolute atomic E-state index is 0.680. The third-order valence-corrected chi connectivity index (χ3v) is 6.26. The van der Waals surface area contributed by atoms with Crippen LogP contribution in [0.4, 0.5) is 5.82 Å². The van der Waals surface area contributed by atoms with Crippen molar-refractivity contribution >= 4 is 27.4 Å². The van der Waals surface area contributed by atoms with Crippen LogP contribution in [0.25, 0.3) is 16.0 Å². The Balaban J connectivity index is 1.39. The maximum Gasteiger partial charge on any atom is 0.153 e. The Hall–Kier alpha value is -2.80. The number of nitrogens with zero attached hydrogens (tertiary/aromatic N) is 5. The molecular formula is C20H20N6S. The maximum absolute atomic E-state index is 4.53. The average Bonchev–Trinajstić information content (AvgIpc) is 3.34. The molecule has 0 saturated carbocycles. The second kappa shape index (κ2) is 6.74. The molecule has 1 aliphatic rings. The smallest absolute Gasteiger partial charge is 0.153 e. The first kappa shape index (κ1) is 16.4. The second-order valence-corrected chi connectivity index (χ2v) is 8.17. The standard InChI is InChI=1S/C20H20N6S/c1-13-3-5-15-16(9-13)27-20-18(15)19(23-12-24-20)22-11-14-4-6-17(21-10-14)26-8-2-7-25-26/h2,4,6-8,10,12-13H,3,5,9,11H2,1H3,(H,22,23,24). The lowest BCUT2D eigenvalue weighted by Gasteiger charge is -2.18. The van der Waals surface area contributed by atoms with Gasteiger partial charge in [0.1, 0.15) is 17.0 Å². The number of thiophene rings is 1. The van der Waals surface area contributed by atoms with Crippen LogP contribution in [0.1, 0.15) is 29.3 Å². The molecule has 6 nitrogen and oxygen atoms in total. The van der Waals surface area contributed by atoms with Gasteiger partial charge >= 0.3 is 0 Å². The van der Waals surface area contributed by atoms with Crippen LogP contribution < -0.4 is 5.32 Å². The number of aryl methyl sites for hydroxylation is 1. The lowest BCUT2D eigenvalue weighted by molar-refractivity contribution is 0.509. The summed E-state index contributed by atoms with van der Waals surface area (Å²) in [7, 11) is 0. The summed E-state index contributed by atoms with van der Waals surface area (Å²) >= 11 is 1.83. The third kappa shape index (κ3) is 3.08. The second-order valence-electron chi connectivity index (χ2n) is 7.08. The molecule has 0 aromatic carbocycles. The molecule has 1 N–H and O–H groups in total. The van der Waals surface area contributed by atoms with Gasteiger partial charge in [0.25, 0.3) is 0 Å². The first-order chi connectivity index (χ1) is 13.3. The molecule has 0 fully saturated rings. The molecule has 4 aromatic heterocycles. The molecule has 5 rings (SSSR count). The molecule has 0 saturated heterocycles. The Morgan fingerprint density at radius 1 is 1.26 bits per heavy atom. The average molecular weight is 376 g/mol. The summed E-state index contributed by atoms with van der Waals surface area (Å²) in [6.07, 6.45) is 10.7. The van der Waals surface area contributed by atoms with Gasteiger partial charge in [-0.1, -0.05) is 13.0 Å². The van der Waals surface area contributed by atoms with Gasteiger partial charge in [-0.05, 0) is 48.4 Å². The fourth-order valence-corrected chi connectivity index (χ4v) is 5.01. The van der Waals surface area contributed by atoms with Gasteiger partial charge in [0.2, 0.25) is 0 Å². The molecule has 1 aliphatic carbocycles. The van der Waals surface area contributed by atoms with E-state index in [1.54, 1.807) is 17.2 Å². The number of pyridine rings is 1. The van der Waals surface area contributed by atoms with Gasteiger partial charge in [-0.15, -0.1) is 11.3 Å². The van der Waals surface area contributed by atoms with Gasteiger partial charge < -0.3 is 5.32 Å². The van der Waals surface area contributed by atoms with Crippen LogP contribution in [0, 0.1) is 5.92 Å². The molecule has 0 aliphatic heterocycles. The van der Waals surface area contributed by atoms with Gasteiger partial charge in [0.05, 0.1) is 5.39 Å². The largest absolute Gasteiger partial charge is 0.365 e. The van der Waals surface area contributed by atoms with Gasteiger partial charge in [-0.25, -0.2) is 19.6 Å². The normalized spacial score (nSPS) is 16.4. The number of hydrogen-bond acceptors (Lipinski definition) is 6. The van der Waals surface area contributed by atoms with E-state index < -0.39 is 0 Å². The summed E-state index contributed by atoms with van der Waals surface area (Å²) in [5.74, 6) is 2.51. The molecule has 1 atom stereocenters. The number of rotatable bonds is 4. The quantitative estimate of drug-likeness (QED) is 0.583. The zero-order valence-corrected chi connectivity index (χ0v) is 15.9. The van der Waals surface area contributed by atoms with E-state index in [9.17, 15) is 0 Å². The molecule has 136 valence electrons. The summed E-state index contributed by atoms with van der Waals surface area (Å²) < 4.78 is 1.75. The lowest BCUT2D eigenvalue weighted by Crippen LogP contribution is -2.09. The topological polar surface area (TPSA) is 68.5 Å². The van der Waals surface area contributed by atoms with E-state index >= 15 is 0 Å². The highest BCUT2D eigenvalue weighted by Crippen LogP contribution is 2.39. The molecule has 27 heavy (non-hydrogen) atoms. The molecule has 7 heteroatoms. The van der Waals surface area contributed by atoms with E-state index in [1.807, 2.05) is 35.9 Å². The first-order valence-electron chi connectivity index (χ1n) is 9.22. The monoisotopic (exact) mass is 376 g/mol. The molecule has 0 bridgehead atoms. The Kier molecular flexibility index (Phi) is 4.09. The molecule has 0 amide bonds. The predicted octanol–water partition coefficient (Wildman–Crippen LogP) is 4.01. The Labute approximate surface area is 161 Å². The zero-order chi connectivity index (χ0) is 18.2. The lowest BCUT2D eigenvalue weighted by atomic mass is 9.89. The summed E-state index contributed by atoms with van der Waals surface area (Å²) in [5.41, 5.74) is 2.55. The highest BCUT2D eigenvalue weighted by Gasteiger charge is 2.22. The van der Waals surface area contributed by atoms with Crippen molar-refractivity contribution in [2.75, 3.05) is 5.32 Å². The summed E-state index contributed by atoms with van der Waals surface area (Å²) in [5, 5.41) is 8.92. The van der Waals surface area contributed by atoms with E-state index in [-0.39, 0.29) is 0 Å². The molecular weight excluding hydrogens is 356 g/mol. The van der Waals surface area contributed by atoms with Crippen LogP contribution in [-0.2, 0) is 19.4 Å². The minimum atomic E-state index is 0.680. The maximum atomic E-state index is 4.53. The van der Waals surface area contributed by atoms with Crippen molar-refractivity contribution in [1.29, 1.82) is 0 Å². The van der Waals surface area contributed by atoms with Crippen LogP contribution in [0.5, 0.6) is 0 Å². The van der Waals surface area contributed by atoms with Crippen molar-refractivity contribution in [1.82, 2.24) is 24.7 Å². The van der Waals surface area contributed by atoms with E-state index in [0.29, 0.717) is 6.54 Å². The predicted molar refractivity (Wildman–Crippen MR) is 107 cm³/mol. The van der Waals surface area contributed by atoms with E-state index in [2.05, 4.69) is 38.4 Å². The molecule has 0 radical (unpaired) electrons. The van der Waals surface area contributed by atoms with Gasteiger partial charge in [-0.3, -0.25) is 0 Å². The van der Waals surface area contributed by atoms with Crippen LogP contribution >= 0.6 is 11.3 Å². The van der Waals surface area contributed by atoms with Crippen LogP contribution in [0.3, 0.4) is 0 Å². The molecule has 4 aromatic rings. The van der Waals surface area contributed by atoms with Crippen molar-refractivity contribution in [3.05, 3.63) is 59.1 Å². The van der Waals surface area contributed by atoms with Crippen molar-refractivity contribution in [2.24, 2.45) is 5.92 Å². The summed E-state index contributed by atoms with van der Waals surface area (Å²) in [6, 6.07) is 5.94. The summed E-state index contributed by atoms with van der Waals surface area (Å²) in [6.45, 7) is 3.01. The highest BCUT2D eigenvalue weighted by molar-refractivity contribution is 7.19. The van der Waals surface area contributed by atoms with Crippen LogP contribution in [-0.4, -0.2) is 24.7 Å². The van der Waals surface area contributed by atoms with Gasteiger partial charge in [-0.2, -0.15) is 5.10 Å². The first-order valence-corrected chi connectivity index (χ1v) is 10.0. The van der Waals surface area contributed by atoms with E-state index in [1.165, 1.54) is 22.2 Å². The third-order valence-electron chi connectivity index (χ3n) is 5.10. The Morgan fingerprint density at radius 3 is 3.04 bits per heavy atom. The van der Waals surface area contributed by atoms with Crippen LogP contribution in [0.15, 0.2) is 43.1 Å². The number of nitrogens with one attached hydrogen (secondary N) is 1. The number of aromatic nitrogens is 5. The van der Waals surface area contributed by atoms with Crippen molar-refractivity contribution in [3.63, 3.8) is 0 Å². The van der Waals surface area contributed by atoms with Crippen molar-refractivity contribution in [3.8, 4) is 5.82 Å².